The average molecular weight is 347 g/mol. The highest BCUT2D eigenvalue weighted by Crippen LogP contribution is 2.10. The minimum absolute atomic E-state index is 0.177. The molecule has 4 nitrogen and oxygen atoms in total. The quantitative estimate of drug-likeness (QED) is 0.589. The maximum Gasteiger partial charge on any atom is 0.341 e. The fraction of sp³-hybridized carbons (Fsp3) is 0.222. The molecular weight excluding hydrogens is 329 g/mol. The number of ether oxygens (including phenoxy) is 1. The number of thioether (sulfide) groups is 1. The molecule has 0 atom stereocenters. The third-order valence-corrected chi connectivity index (χ3v) is 4.14. The van der Waals surface area contributed by atoms with Crippen LogP contribution in [0.5, 0.6) is 0 Å². The molecule has 0 fully saturated rings. The highest BCUT2D eigenvalue weighted by Gasteiger charge is 2.13. The van der Waals surface area contributed by atoms with Crippen LogP contribution in [-0.2, 0) is 15.3 Å². The number of carbonyl (C=O) groups is 2. The molecule has 6 heteroatoms. The first-order chi connectivity index (χ1) is 11.7. The largest absolute Gasteiger partial charge is 0.452 e. The molecule has 0 aliphatic rings. The van der Waals surface area contributed by atoms with Gasteiger partial charge in [-0.2, -0.15) is 11.8 Å². The summed E-state index contributed by atoms with van der Waals surface area (Å²) in [7, 11) is 0. The Kier molecular flexibility index (Phi) is 7.29. The monoisotopic (exact) mass is 347 g/mol. The van der Waals surface area contributed by atoms with E-state index in [9.17, 15) is 14.0 Å². The van der Waals surface area contributed by atoms with Crippen LogP contribution in [0.2, 0.25) is 0 Å². The van der Waals surface area contributed by atoms with Gasteiger partial charge in [-0.05, 0) is 17.7 Å². The third kappa shape index (κ3) is 6.04. The molecule has 0 saturated heterocycles. The Hall–Kier alpha value is -2.34. The van der Waals surface area contributed by atoms with Gasteiger partial charge in [0, 0.05) is 18.1 Å². The lowest BCUT2D eigenvalue weighted by atomic mass is 10.2. The normalized spacial score (nSPS) is 10.2. The summed E-state index contributed by atoms with van der Waals surface area (Å²) in [6, 6.07) is 15.5. The topological polar surface area (TPSA) is 55.4 Å². The number of hydrogen-bond donors (Lipinski definition) is 1. The molecule has 0 radical (unpaired) electrons. The van der Waals surface area contributed by atoms with E-state index in [-0.39, 0.29) is 5.56 Å². The zero-order valence-corrected chi connectivity index (χ0v) is 13.9. The highest BCUT2D eigenvalue weighted by atomic mass is 32.2. The number of benzene rings is 2. The van der Waals surface area contributed by atoms with Gasteiger partial charge in [0.15, 0.2) is 6.61 Å². The van der Waals surface area contributed by atoms with Crippen LogP contribution >= 0.6 is 11.8 Å². The van der Waals surface area contributed by atoms with Crippen molar-refractivity contribution in [2.45, 2.75) is 5.75 Å². The minimum Gasteiger partial charge on any atom is -0.452 e. The number of rotatable bonds is 8. The predicted octanol–water partition coefficient (Wildman–Crippen LogP) is 3.03. The van der Waals surface area contributed by atoms with E-state index in [1.807, 2.05) is 30.3 Å². The van der Waals surface area contributed by atoms with Crippen molar-refractivity contribution in [2.24, 2.45) is 0 Å². The summed E-state index contributed by atoms with van der Waals surface area (Å²) in [5, 5.41) is 2.66. The van der Waals surface area contributed by atoms with Crippen molar-refractivity contribution in [2.75, 3.05) is 18.9 Å². The lowest BCUT2D eigenvalue weighted by molar-refractivity contribution is -0.124. The van der Waals surface area contributed by atoms with Crippen molar-refractivity contribution in [1.29, 1.82) is 0 Å². The number of carbonyl (C=O) groups excluding carboxylic acids is 2. The Morgan fingerprint density at radius 3 is 2.50 bits per heavy atom. The van der Waals surface area contributed by atoms with Crippen molar-refractivity contribution in [3.63, 3.8) is 0 Å². The smallest absolute Gasteiger partial charge is 0.341 e. The van der Waals surface area contributed by atoms with Crippen LogP contribution in [0, 0.1) is 5.82 Å². The van der Waals surface area contributed by atoms with Crippen LogP contribution in [0.25, 0.3) is 0 Å². The van der Waals surface area contributed by atoms with Crippen molar-refractivity contribution >= 4 is 23.6 Å². The molecule has 0 heterocycles. The van der Waals surface area contributed by atoms with Gasteiger partial charge in [0.1, 0.15) is 5.82 Å². The Morgan fingerprint density at radius 1 is 1.04 bits per heavy atom. The van der Waals surface area contributed by atoms with Crippen LogP contribution < -0.4 is 5.32 Å². The first-order valence-electron chi connectivity index (χ1n) is 7.47. The van der Waals surface area contributed by atoms with E-state index in [0.29, 0.717) is 6.54 Å². The second-order valence-electron chi connectivity index (χ2n) is 4.94. The molecule has 1 N–H and O–H groups in total. The van der Waals surface area contributed by atoms with Gasteiger partial charge in [0.2, 0.25) is 0 Å². The van der Waals surface area contributed by atoms with E-state index < -0.39 is 24.3 Å². The summed E-state index contributed by atoms with van der Waals surface area (Å²) in [6.45, 7) is 0.0596. The van der Waals surface area contributed by atoms with Crippen molar-refractivity contribution in [3.8, 4) is 0 Å². The van der Waals surface area contributed by atoms with Gasteiger partial charge in [-0.25, -0.2) is 9.18 Å². The summed E-state index contributed by atoms with van der Waals surface area (Å²) in [5.74, 6) is -0.289. The molecule has 2 rings (SSSR count). The number of halogens is 1. The minimum atomic E-state index is -0.846. The summed E-state index contributed by atoms with van der Waals surface area (Å²) >= 11 is 1.70. The molecule has 24 heavy (non-hydrogen) atoms. The van der Waals surface area contributed by atoms with Crippen molar-refractivity contribution in [1.82, 2.24) is 5.32 Å². The zero-order chi connectivity index (χ0) is 17.2. The Labute approximate surface area is 144 Å². The van der Waals surface area contributed by atoms with E-state index in [2.05, 4.69) is 5.32 Å². The van der Waals surface area contributed by atoms with E-state index in [1.165, 1.54) is 29.8 Å². The van der Waals surface area contributed by atoms with Gasteiger partial charge in [-0.15, -0.1) is 0 Å². The molecule has 2 aromatic carbocycles. The van der Waals surface area contributed by atoms with Crippen molar-refractivity contribution < 1.29 is 18.7 Å². The molecule has 126 valence electrons. The lowest BCUT2D eigenvalue weighted by Gasteiger charge is -2.07. The maximum absolute atomic E-state index is 13.4. The number of esters is 1. The molecule has 0 unspecified atom stereocenters. The number of amides is 1. The van der Waals surface area contributed by atoms with Crippen LogP contribution in [0.4, 0.5) is 4.39 Å². The fourth-order valence-corrected chi connectivity index (χ4v) is 2.73. The molecule has 0 aliphatic carbocycles. The summed E-state index contributed by atoms with van der Waals surface area (Å²) in [6.07, 6.45) is 0. The summed E-state index contributed by atoms with van der Waals surface area (Å²) in [5.41, 5.74) is 1.05. The molecule has 2 aromatic rings. The average Bonchev–Trinajstić information content (AvgIpc) is 2.60. The summed E-state index contributed by atoms with van der Waals surface area (Å²) in [4.78, 5) is 23.3. The highest BCUT2D eigenvalue weighted by molar-refractivity contribution is 7.98. The Bertz CT molecular complexity index is 679. The van der Waals surface area contributed by atoms with Crippen LogP contribution in [0.3, 0.4) is 0 Å². The first-order valence-corrected chi connectivity index (χ1v) is 8.62. The van der Waals surface area contributed by atoms with Gasteiger partial charge in [0.25, 0.3) is 5.91 Å². The van der Waals surface area contributed by atoms with Gasteiger partial charge >= 0.3 is 5.97 Å². The predicted molar refractivity (Wildman–Crippen MR) is 92.3 cm³/mol. The molecule has 0 aromatic heterocycles. The molecular formula is C18H18FNO3S. The SMILES string of the molecule is O=C(COC(=O)c1ccccc1F)NCCSCc1ccccc1. The summed E-state index contributed by atoms with van der Waals surface area (Å²) < 4.78 is 18.2. The standard InChI is InChI=1S/C18H18FNO3S/c19-16-9-5-4-8-15(16)18(22)23-12-17(21)20-10-11-24-13-14-6-2-1-3-7-14/h1-9H,10-13H2,(H,20,21). The number of hydrogen-bond acceptors (Lipinski definition) is 4. The molecule has 0 aliphatic heterocycles. The fourth-order valence-electron chi connectivity index (χ4n) is 1.91. The lowest BCUT2D eigenvalue weighted by Crippen LogP contribution is -2.30. The second-order valence-corrected chi connectivity index (χ2v) is 6.05. The molecule has 0 spiro atoms. The zero-order valence-electron chi connectivity index (χ0n) is 13.0. The number of nitrogens with one attached hydrogen (secondary N) is 1. The maximum atomic E-state index is 13.4. The van der Waals surface area contributed by atoms with Crippen LogP contribution in [-0.4, -0.2) is 30.8 Å². The van der Waals surface area contributed by atoms with E-state index in [4.69, 9.17) is 4.74 Å². The second kappa shape index (κ2) is 9.72. The van der Waals surface area contributed by atoms with Crippen LogP contribution in [0.1, 0.15) is 15.9 Å². The van der Waals surface area contributed by atoms with E-state index in [1.54, 1.807) is 11.8 Å². The van der Waals surface area contributed by atoms with Gasteiger partial charge in [-0.3, -0.25) is 4.79 Å². The first kappa shape index (κ1) is 18.0. The molecule has 0 saturated carbocycles. The van der Waals surface area contributed by atoms with Crippen molar-refractivity contribution in [3.05, 3.63) is 71.5 Å². The van der Waals surface area contributed by atoms with Crippen LogP contribution in [0.15, 0.2) is 54.6 Å². The van der Waals surface area contributed by atoms with Gasteiger partial charge in [-0.1, -0.05) is 42.5 Å². The molecule has 1 amide bonds. The van der Waals surface area contributed by atoms with E-state index >= 15 is 0 Å². The van der Waals surface area contributed by atoms with E-state index in [0.717, 1.165) is 11.5 Å². The van der Waals surface area contributed by atoms with Gasteiger partial charge < -0.3 is 10.1 Å². The van der Waals surface area contributed by atoms with Gasteiger partial charge in [0.05, 0.1) is 5.56 Å². The Morgan fingerprint density at radius 2 is 1.75 bits per heavy atom. The molecule has 0 bridgehead atoms. The Balaban J connectivity index is 1.60. The third-order valence-electron chi connectivity index (χ3n) is 3.11.